The number of halogens is 1. The van der Waals surface area contributed by atoms with E-state index in [4.69, 9.17) is 16.9 Å². The van der Waals surface area contributed by atoms with Crippen molar-refractivity contribution in [3.63, 3.8) is 0 Å². The molecule has 0 spiro atoms. The summed E-state index contributed by atoms with van der Waals surface area (Å²) in [5.74, 6) is 0.756. The second-order valence-corrected chi connectivity index (χ2v) is 4.76. The Hall–Kier alpha value is -1.50. The molecular weight excluding hydrogens is 252 g/mol. The van der Waals surface area contributed by atoms with Gasteiger partial charge in [0, 0.05) is 11.9 Å². The van der Waals surface area contributed by atoms with Crippen LogP contribution >= 0.6 is 23.4 Å². The lowest BCUT2D eigenvalue weighted by atomic mass is 10.2. The Bertz CT molecular complexity index is 563. The van der Waals surface area contributed by atoms with Crippen LogP contribution in [0.25, 0.3) is 0 Å². The van der Waals surface area contributed by atoms with E-state index in [1.54, 1.807) is 24.0 Å². The maximum absolute atomic E-state index is 8.80. The van der Waals surface area contributed by atoms with Gasteiger partial charge in [-0.05, 0) is 29.8 Å². The van der Waals surface area contributed by atoms with Crippen LogP contribution in [0.1, 0.15) is 11.1 Å². The Morgan fingerprint density at radius 2 is 2.18 bits per heavy atom. The van der Waals surface area contributed by atoms with Gasteiger partial charge in [0.15, 0.2) is 0 Å². The van der Waals surface area contributed by atoms with E-state index in [2.05, 4.69) is 11.1 Å². The van der Waals surface area contributed by atoms with Crippen LogP contribution in [-0.4, -0.2) is 4.98 Å². The summed E-state index contributed by atoms with van der Waals surface area (Å²) in [6.45, 7) is 0. The highest BCUT2D eigenvalue weighted by molar-refractivity contribution is 7.98. The minimum absolute atomic E-state index is 0.661. The number of nitriles is 1. The zero-order valence-corrected chi connectivity index (χ0v) is 10.5. The van der Waals surface area contributed by atoms with E-state index >= 15 is 0 Å². The predicted octanol–water partition coefficient (Wildman–Crippen LogP) is 3.90. The van der Waals surface area contributed by atoms with E-state index in [9.17, 15) is 0 Å². The number of pyridine rings is 1. The normalized spacial score (nSPS) is 9.88. The minimum Gasteiger partial charge on any atom is -0.248 e. The van der Waals surface area contributed by atoms with Gasteiger partial charge >= 0.3 is 0 Å². The van der Waals surface area contributed by atoms with Crippen molar-refractivity contribution in [3.05, 3.63) is 58.7 Å². The highest BCUT2D eigenvalue weighted by atomic mass is 35.5. The zero-order chi connectivity index (χ0) is 12.1. The second-order valence-electron chi connectivity index (χ2n) is 3.39. The molecule has 0 saturated heterocycles. The molecule has 0 saturated carbocycles. The van der Waals surface area contributed by atoms with E-state index in [0.717, 1.165) is 16.3 Å². The Morgan fingerprint density at radius 3 is 2.94 bits per heavy atom. The lowest BCUT2D eigenvalue weighted by molar-refractivity contribution is 1.13. The minimum atomic E-state index is 0.661. The number of hydrogen-bond donors (Lipinski definition) is 0. The van der Waals surface area contributed by atoms with Crippen LogP contribution in [0.15, 0.2) is 47.6 Å². The molecule has 2 rings (SSSR count). The fourth-order valence-electron chi connectivity index (χ4n) is 1.36. The molecule has 1 aromatic heterocycles. The third-order valence-corrected chi connectivity index (χ3v) is 3.65. The first-order chi connectivity index (χ1) is 8.29. The number of rotatable bonds is 3. The number of thioether (sulfide) groups is 1. The van der Waals surface area contributed by atoms with Crippen molar-refractivity contribution in [1.82, 2.24) is 4.98 Å². The van der Waals surface area contributed by atoms with E-state index in [1.165, 1.54) is 0 Å². The Kier molecular flexibility index (Phi) is 4.03. The van der Waals surface area contributed by atoms with Gasteiger partial charge in [0.25, 0.3) is 0 Å². The van der Waals surface area contributed by atoms with Crippen LogP contribution in [0.5, 0.6) is 0 Å². The largest absolute Gasteiger partial charge is 0.248 e. The summed E-state index contributed by atoms with van der Waals surface area (Å²) in [6, 6.07) is 13.3. The Morgan fingerprint density at radius 1 is 1.29 bits per heavy atom. The van der Waals surface area contributed by atoms with Crippen LogP contribution in [0.4, 0.5) is 0 Å². The summed E-state index contributed by atoms with van der Waals surface area (Å²) >= 11 is 7.58. The molecule has 0 radical (unpaired) electrons. The first-order valence-electron chi connectivity index (χ1n) is 5.02. The first-order valence-corrected chi connectivity index (χ1v) is 6.38. The van der Waals surface area contributed by atoms with Crippen molar-refractivity contribution in [2.75, 3.05) is 0 Å². The average molecular weight is 261 g/mol. The molecule has 4 heteroatoms. The van der Waals surface area contributed by atoms with Crippen molar-refractivity contribution in [2.24, 2.45) is 0 Å². The van der Waals surface area contributed by atoms with Gasteiger partial charge in [-0.15, -0.1) is 11.8 Å². The molecule has 0 atom stereocenters. The summed E-state index contributed by atoms with van der Waals surface area (Å²) in [6.07, 6.45) is 1.72. The summed E-state index contributed by atoms with van der Waals surface area (Å²) in [4.78, 5) is 4.20. The number of hydrogen-bond acceptors (Lipinski definition) is 3. The number of nitrogens with zero attached hydrogens (tertiary/aromatic N) is 2. The maximum atomic E-state index is 8.80. The topological polar surface area (TPSA) is 36.7 Å². The molecule has 0 fully saturated rings. The van der Waals surface area contributed by atoms with Gasteiger partial charge in [0.2, 0.25) is 0 Å². The quantitative estimate of drug-likeness (QED) is 0.786. The Labute approximate surface area is 109 Å². The molecule has 17 heavy (non-hydrogen) atoms. The third-order valence-electron chi connectivity index (χ3n) is 2.16. The Balaban J connectivity index is 2.08. The lowest BCUT2D eigenvalue weighted by Gasteiger charge is -2.03. The highest BCUT2D eigenvalue weighted by Crippen LogP contribution is 2.27. The van der Waals surface area contributed by atoms with E-state index in [0.29, 0.717) is 10.6 Å². The molecule has 0 aliphatic carbocycles. The third kappa shape index (κ3) is 3.23. The van der Waals surface area contributed by atoms with Crippen LogP contribution in [0.3, 0.4) is 0 Å². The second kappa shape index (κ2) is 5.72. The van der Waals surface area contributed by atoms with Crippen molar-refractivity contribution >= 4 is 23.4 Å². The molecule has 0 unspecified atom stereocenters. The maximum Gasteiger partial charge on any atom is 0.115 e. The first kappa shape index (κ1) is 12.0. The molecule has 2 nitrogen and oxygen atoms in total. The van der Waals surface area contributed by atoms with Crippen molar-refractivity contribution in [3.8, 4) is 6.07 Å². The molecule has 84 valence electrons. The molecular formula is C13H9ClN2S. The summed E-state index contributed by atoms with van der Waals surface area (Å²) in [7, 11) is 0. The lowest BCUT2D eigenvalue weighted by Crippen LogP contribution is -1.85. The molecule has 0 aliphatic heterocycles. The smallest absolute Gasteiger partial charge is 0.115 e. The molecule has 2 aromatic rings. The van der Waals surface area contributed by atoms with Crippen molar-refractivity contribution < 1.29 is 0 Å². The van der Waals surface area contributed by atoms with Crippen molar-refractivity contribution in [2.45, 2.75) is 10.8 Å². The molecule has 0 amide bonds. The van der Waals surface area contributed by atoms with Crippen LogP contribution in [0, 0.1) is 11.3 Å². The van der Waals surface area contributed by atoms with Gasteiger partial charge in [-0.2, -0.15) is 5.26 Å². The predicted molar refractivity (Wildman–Crippen MR) is 70.0 cm³/mol. The monoisotopic (exact) mass is 260 g/mol. The fraction of sp³-hybridized carbons (Fsp3) is 0.0769. The van der Waals surface area contributed by atoms with Gasteiger partial charge in [0.1, 0.15) is 5.03 Å². The van der Waals surface area contributed by atoms with Crippen LogP contribution in [-0.2, 0) is 5.75 Å². The molecule has 0 bridgehead atoms. The number of benzene rings is 1. The summed E-state index contributed by atoms with van der Waals surface area (Å²) in [5, 5.41) is 10.3. The number of aromatic nitrogens is 1. The fourth-order valence-corrected chi connectivity index (χ4v) is 2.47. The van der Waals surface area contributed by atoms with E-state index in [-0.39, 0.29) is 0 Å². The summed E-state index contributed by atoms with van der Waals surface area (Å²) in [5.41, 5.74) is 1.77. The van der Waals surface area contributed by atoms with E-state index in [1.807, 2.05) is 30.3 Å². The average Bonchev–Trinajstić information content (AvgIpc) is 2.38. The van der Waals surface area contributed by atoms with Gasteiger partial charge < -0.3 is 0 Å². The summed E-state index contributed by atoms with van der Waals surface area (Å²) < 4.78 is 0. The molecule has 0 aliphatic rings. The van der Waals surface area contributed by atoms with Gasteiger partial charge in [-0.1, -0.05) is 23.7 Å². The highest BCUT2D eigenvalue weighted by Gasteiger charge is 2.02. The standard InChI is InChI=1S/C13H9ClN2S/c14-12-5-2-6-16-13(12)17-9-11-4-1-3-10(7-11)8-15/h1-7H,9H2. The SMILES string of the molecule is N#Cc1cccc(CSc2ncccc2Cl)c1. The van der Waals surface area contributed by atoms with Gasteiger partial charge in [0.05, 0.1) is 16.7 Å². The van der Waals surface area contributed by atoms with Crippen LogP contribution in [0.2, 0.25) is 5.02 Å². The zero-order valence-electron chi connectivity index (χ0n) is 8.93. The van der Waals surface area contributed by atoms with Gasteiger partial charge in [-0.3, -0.25) is 0 Å². The molecule has 0 N–H and O–H groups in total. The van der Waals surface area contributed by atoms with E-state index < -0.39 is 0 Å². The van der Waals surface area contributed by atoms with Crippen molar-refractivity contribution in [1.29, 1.82) is 5.26 Å². The molecule has 1 heterocycles. The molecule has 1 aromatic carbocycles. The van der Waals surface area contributed by atoms with Crippen LogP contribution < -0.4 is 0 Å². The van der Waals surface area contributed by atoms with Gasteiger partial charge in [-0.25, -0.2) is 4.98 Å².